The first-order valence-corrected chi connectivity index (χ1v) is 12.4. The number of ether oxygens (including phenoxy) is 1. The number of aromatic nitrogens is 2. The zero-order valence-electron chi connectivity index (χ0n) is 19.0. The number of nitrogens with zero attached hydrogens (tertiary/aromatic N) is 2. The molecular formula is C25H20F4N4O3S. The van der Waals surface area contributed by atoms with Crippen molar-refractivity contribution in [1.29, 1.82) is 0 Å². The normalized spacial score (nSPS) is 12.8. The van der Waals surface area contributed by atoms with Crippen molar-refractivity contribution in [2.75, 3.05) is 5.73 Å². The molecule has 0 aliphatic carbocycles. The van der Waals surface area contributed by atoms with Crippen LogP contribution in [0, 0.1) is 5.82 Å². The van der Waals surface area contributed by atoms with Crippen LogP contribution in [0.4, 0.5) is 23.5 Å². The van der Waals surface area contributed by atoms with Crippen molar-refractivity contribution in [3.05, 3.63) is 95.8 Å². The van der Waals surface area contributed by atoms with Crippen molar-refractivity contribution >= 4 is 16.0 Å². The Morgan fingerprint density at radius 2 is 1.51 bits per heavy atom. The summed E-state index contributed by atoms with van der Waals surface area (Å²) in [5.74, 6) is -1.57. The van der Waals surface area contributed by atoms with E-state index in [1.54, 1.807) is 6.07 Å². The van der Waals surface area contributed by atoms with Gasteiger partial charge in [0.1, 0.15) is 5.82 Å². The highest BCUT2D eigenvalue weighted by Gasteiger charge is 2.43. The van der Waals surface area contributed by atoms with Crippen LogP contribution in [0.1, 0.15) is 17.2 Å². The van der Waals surface area contributed by atoms with Gasteiger partial charge in [-0.1, -0.05) is 60.7 Å². The third kappa shape index (κ3) is 6.80. The van der Waals surface area contributed by atoms with Crippen molar-refractivity contribution in [3.8, 4) is 28.3 Å². The van der Waals surface area contributed by atoms with Gasteiger partial charge in [0.25, 0.3) is 0 Å². The molecule has 0 saturated carbocycles. The fraction of sp³-hybridized carbons (Fsp3) is 0.120. The molecule has 12 heteroatoms. The van der Waals surface area contributed by atoms with E-state index in [0.717, 1.165) is 0 Å². The zero-order valence-corrected chi connectivity index (χ0v) is 19.8. The lowest BCUT2D eigenvalue weighted by Gasteiger charge is -2.22. The van der Waals surface area contributed by atoms with Crippen LogP contribution in [-0.2, 0) is 15.8 Å². The van der Waals surface area contributed by atoms with E-state index in [1.165, 1.54) is 72.8 Å². The number of nitrogens with two attached hydrogens (primary N) is 2. The molecule has 0 saturated heterocycles. The van der Waals surface area contributed by atoms with Gasteiger partial charge in [0.2, 0.25) is 28.0 Å². The Morgan fingerprint density at radius 1 is 0.865 bits per heavy atom. The monoisotopic (exact) mass is 532 g/mol. The minimum Gasteiger partial charge on any atom is -0.460 e. The summed E-state index contributed by atoms with van der Waals surface area (Å²) in [5, 5.41) is 5.04. The Labute approximate surface area is 209 Å². The van der Waals surface area contributed by atoms with Gasteiger partial charge in [0.05, 0.1) is 11.4 Å². The van der Waals surface area contributed by atoms with Crippen molar-refractivity contribution < 1.29 is 30.7 Å². The zero-order chi connectivity index (χ0) is 26.8. The lowest BCUT2D eigenvalue weighted by molar-refractivity contribution is -0.198. The van der Waals surface area contributed by atoms with Crippen molar-refractivity contribution in [1.82, 2.24) is 9.97 Å². The van der Waals surface area contributed by atoms with E-state index in [9.17, 15) is 26.0 Å². The summed E-state index contributed by atoms with van der Waals surface area (Å²) in [5.41, 5.74) is 7.61. The minimum absolute atomic E-state index is 0.173. The summed E-state index contributed by atoms with van der Waals surface area (Å²) < 4.78 is 83.2. The molecule has 0 bridgehead atoms. The standard InChI is InChI=1S/C25H20F4N4O3S/c26-20-3-1-2-19(12-20)16-8-10-18(11-9-16)23(25(27,28)29)36-22-13-21(32-24(30)33-22)17-6-4-15(5-7-17)14-37(31,34)35/h1-13,23H,14H2,(H2,30,32,33)(H2,31,34,35). The van der Waals surface area contributed by atoms with E-state index in [4.69, 9.17) is 15.6 Å². The summed E-state index contributed by atoms with van der Waals surface area (Å²) in [6.45, 7) is 0. The lowest BCUT2D eigenvalue weighted by atomic mass is 10.0. The topological polar surface area (TPSA) is 121 Å². The SMILES string of the molecule is Nc1nc(OC(c2ccc(-c3cccc(F)c3)cc2)C(F)(F)F)cc(-c2ccc(CS(N)(=O)=O)cc2)n1. The Kier molecular flexibility index (Phi) is 7.14. The molecule has 7 nitrogen and oxygen atoms in total. The fourth-order valence-corrected chi connectivity index (χ4v) is 4.28. The molecule has 0 aliphatic heterocycles. The molecule has 0 radical (unpaired) electrons. The highest BCUT2D eigenvalue weighted by Crippen LogP contribution is 2.38. The van der Waals surface area contributed by atoms with E-state index in [1.807, 2.05) is 0 Å². The number of alkyl halides is 3. The van der Waals surface area contributed by atoms with E-state index < -0.39 is 34.0 Å². The van der Waals surface area contributed by atoms with Crippen molar-refractivity contribution in [2.24, 2.45) is 5.14 Å². The number of halogens is 4. The van der Waals surface area contributed by atoms with Crippen LogP contribution in [0.25, 0.3) is 22.4 Å². The largest absolute Gasteiger partial charge is 0.460 e. The molecule has 4 rings (SSSR count). The number of benzene rings is 3. The Hall–Kier alpha value is -4.03. The molecule has 4 N–H and O–H groups in total. The molecule has 0 amide bonds. The summed E-state index contributed by atoms with van der Waals surface area (Å²) in [4.78, 5) is 7.82. The van der Waals surface area contributed by atoms with Gasteiger partial charge in [-0.25, -0.2) is 22.9 Å². The van der Waals surface area contributed by atoms with Gasteiger partial charge in [-0.05, 0) is 28.8 Å². The second-order valence-electron chi connectivity index (χ2n) is 8.13. The predicted octanol–water partition coefficient (Wildman–Crippen LogP) is 5.00. The van der Waals surface area contributed by atoms with Crippen LogP contribution < -0.4 is 15.6 Å². The third-order valence-corrected chi connectivity index (χ3v) is 5.98. The van der Waals surface area contributed by atoms with Gasteiger partial charge in [-0.3, -0.25) is 0 Å². The van der Waals surface area contributed by atoms with Gasteiger partial charge in [0, 0.05) is 17.2 Å². The molecular weight excluding hydrogens is 512 g/mol. The minimum atomic E-state index is -4.80. The number of hydrogen-bond donors (Lipinski definition) is 2. The van der Waals surface area contributed by atoms with Crippen molar-refractivity contribution in [2.45, 2.75) is 18.0 Å². The second kappa shape index (κ2) is 10.1. The summed E-state index contributed by atoms with van der Waals surface area (Å²) >= 11 is 0. The molecule has 4 aromatic rings. The molecule has 0 spiro atoms. The van der Waals surface area contributed by atoms with Crippen LogP contribution in [0.2, 0.25) is 0 Å². The highest BCUT2D eigenvalue weighted by molar-refractivity contribution is 7.88. The third-order valence-electron chi connectivity index (χ3n) is 5.24. The molecule has 1 aromatic heterocycles. The van der Waals surface area contributed by atoms with Crippen LogP contribution in [0.15, 0.2) is 78.9 Å². The first-order valence-electron chi connectivity index (χ1n) is 10.7. The summed E-state index contributed by atoms with van der Waals surface area (Å²) in [6, 6.07) is 18.3. The number of nitrogen functional groups attached to an aromatic ring is 1. The second-order valence-corrected chi connectivity index (χ2v) is 9.74. The van der Waals surface area contributed by atoms with Crippen molar-refractivity contribution in [3.63, 3.8) is 0 Å². The summed E-state index contributed by atoms with van der Waals surface area (Å²) in [7, 11) is -3.73. The molecule has 0 aliphatic rings. The van der Waals surface area contributed by atoms with Gasteiger partial charge < -0.3 is 10.5 Å². The van der Waals surface area contributed by atoms with Gasteiger partial charge in [-0.2, -0.15) is 18.2 Å². The van der Waals surface area contributed by atoms with E-state index in [-0.39, 0.29) is 23.0 Å². The molecule has 192 valence electrons. The van der Waals surface area contributed by atoms with Crippen LogP contribution >= 0.6 is 0 Å². The maximum Gasteiger partial charge on any atom is 0.429 e. The Balaban J connectivity index is 1.61. The Bertz CT molecular complexity index is 1510. The molecule has 0 fully saturated rings. The molecule has 37 heavy (non-hydrogen) atoms. The molecule has 3 aromatic carbocycles. The maximum absolute atomic E-state index is 14.0. The highest BCUT2D eigenvalue weighted by atomic mass is 32.2. The average molecular weight is 533 g/mol. The number of sulfonamides is 1. The maximum atomic E-state index is 14.0. The first-order chi connectivity index (χ1) is 17.4. The first kappa shape index (κ1) is 26.0. The van der Waals surface area contributed by atoms with Gasteiger partial charge >= 0.3 is 6.18 Å². The van der Waals surface area contributed by atoms with Gasteiger partial charge in [-0.15, -0.1) is 0 Å². The Morgan fingerprint density at radius 3 is 2.11 bits per heavy atom. The quantitative estimate of drug-likeness (QED) is 0.323. The van der Waals surface area contributed by atoms with E-state index >= 15 is 0 Å². The number of hydrogen-bond acceptors (Lipinski definition) is 6. The van der Waals surface area contributed by atoms with E-state index in [2.05, 4.69) is 9.97 Å². The van der Waals surface area contributed by atoms with Gasteiger partial charge in [0.15, 0.2) is 0 Å². The molecule has 1 heterocycles. The lowest BCUT2D eigenvalue weighted by Crippen LogP contribution is -2.26. The van der Waals surface area contributed by atoms with Crippen LogP contribution in [-0.4, -0.2) is 24.6 Å². The molecule has 1 unspecified atom stereocenters. The predicted molar refractivity (Wildman–Crippen MR) is 130 cm³/mol. The molecule has 1 atom stereocenters. The summed E-state index contributed by atoms with van der Waals surface area (Å²) in [6.07, 6.45) is -7.16. The van der Waals surface area contributed by atoms with E-state index in [0.29, 0.717) is 22.3 Å². The fourth-order valence-electron chi connectivity index (χ4n) is 3.62. The number of primary sulfonamides is 1. The number of anilines is 1. The number of rotatable bonds is 7. The average Bonchev–Trinajstić information content (AvgIpc) is 2.81. The van der Waals surface area contributed by atoms with Crippen LogP contribution in [0.5, 0.6) is 5.88 Å². The smallest absolute Gasteiger partial charge is 0.429 e. The van der Waals surface area contributed by atoms with Crippen LogP contribution in [0.3, 0.4) is 0 Å².